The number of aromatic nitrogens is 2. The van der Waals surface area contributed by atoms with Gasteiger partial charge in [0.15, 0.2) is 46.4 Å². The highest BCUT2D eigenvalue weighted by Crippen LogP contribution is 2.60. The maximum Gasteiger partial charge on any atom is 0.367 e. The van der Waals surface area contributed by atoms with E-state index in [0.717, 1.165) is 57.5 Å². The van der Waals surface area contributed by atoms with E-state index in [1.807, 2.05) is 0 Å². The number of benzene rings is 4. The van der Waals surface area contributed by atoms with Crippen molar-refractivity contribution in [3.63, 3.8) is 0 Å². The maximum absolute atomic E-state index is 15.0. The molecule has 11 nitrogen and oxygen atoms in total. The van der Waals surface area contributed by atoms with Gasteiger partial charge in [0, 0.05) is 22.3 Å². The van der Waals surface area contributed by atoms with Crippen LogP contribution in [0.1, 0.15) is 69.4 Å². The molecule has 0 bridgehead atoms. The van der Waals surface area contributed by atoms with Crippen LogP contribution in [0, 0.1) is 23.3 Å². The molecule has 1 N–H and O–H groups in total. The predicted molar refractivity (Wildman–Crippen MR) is 235 cm³/mol. The van der Waals surface area contributed by atoms with Gasteiger partial charge in [-0.1, -0.05) is 60.7 Å². The number of allylic oxidation sites excluding steroid dienone is 1. The molecule has 66 heavy (non-hydrogen) atoms. The monoisotopic (exact) mass is 962 g/mol. The number of thiazole rings is 2. The maximum atomic E-state index is 15.0. The molecule has 0 amide bonds. The summed E-state index contributed by atoms with van der Waals surface area (Å²) in [6.45, 7) is -0.579. The molecule has 11 rings (SSSR count). The fraction of sp³-hybridized carbons (Fsp3) is 0.0851. The lowest BCUT2D eigenvalue weighted by Gasteiger charge is -2.33. The number of thiophene rings is 2. The number of rotatable bonds is 8. The van der Waals surface area contributed by atoms with Crippen molar-refractivity contribution in [2.75, 3.05) is 0 Å². The lowest BCUT2D eigenvalue weighted by molar-refractivity contribution is -0.183. The fourth-order valence-electron chi connectivity index (χ4n) is 7.93. The number of halogens is 4. The standard InChI is InChI=1S/C47H22F4N2O9S4/c48-27-11-21-22(12-28(27)49)35(55)25(34(21)54)15-31-52-43-40(63-31)33-39(65-43)41-38(42-44(66-41)53-32(64-42)16-26-36(56)23-13-29(50)30(51)14-24(23)37(26)57)62-47(33,45(58)60-17-19-7-3-1-4-8-19)46(59)61-18-20-9-5-2-6-10-20/h1-16,36,56H,17-18H2/b26-16+. The third-order valence-electron chi connectivity index (χ3n) is 11.1. The first kappa shape index (κ1) is 41.7. The molecule has 4 aromatic heterocycles. The van der Waals surface area contributed by atoms with Crippen molar-refractivity contribution in [1.29, 1.82) is 0 Å². The number of carbonyl (C=O) groups excluding carboxylic acids is 5. The van der Waals surface area contributed by atoms with Crippen LogP contribution in [0.5, 0.6) is 5.75 Å². The first-order valence-corrected chi connectivity index (χ1v) is 22.8. The van der Waals surface area contributed by atoms with Crippen molar-refractivity contribution in [2.45, 2.75) is 24.9 Å². The summed E-state index contributed by atoms with van der Waals surface area (Å²) in [6.07, 6.45) is 0.895. The Labute approximate surface area is 383 Å². The topological polar surface area (TPSA) is 159 Å². The summed E-state index contributed by atoms with van der Waals surface area (Å²) < 4.78 is 75.6. The summed E-state index contributed by atoms with van der Waals surface area (Å²) in [5.74, 6) is -9.77. The molecule has 0 saturated carbocycles. The number of fused-ring (bicyclic) bond motifs is 9. The van der Waals surface area contributed by atoms with Crippen LogP contribution in [0.15, 0.2) is 96.1 Å². The van der Waals surface area contributed by atoms with Gasteiger partial charge in [0.2, 0.25) is 0 Å². The number of Topliss-reactive ketones (excluding diaryl/α,β-unsaturated/α-hetero) is 3. The second kappa shape index (κ2) is 15.6. The minimum absolute atomic E-state index is 0.0120. The number of aliphatic hydroxyl groups is 1. The second-order valence-corrected chi connectivity index (χ2v) is 19.1. The van der Waals surface area contributed by atoms with E-state index in [4.69, 9.17) is 14.2 Å². The Balaban J connectivity index is 1.06. The molecule has 326 valence electrons. The minimum Gasteiger partial charge on any atom is -0.457 e. The summed E-state index contributed by atoms with van der Waals surface area (Å²) >= 11 is 4.10. The number of hydrogen-bond donors (Lipinski definition) is 1. The average Bonchev–Trinajstić information content (AvgIpc) is 4.14. The summed E-state index contributed by atoms with van der Waals surface area (Å²) in [4.78, 5) is 80.7. The molecule has 8 aromatic rings. The van der Waals surface area contributed by atoms with Crippen molar-refractivity contribution in [3.05, 3.63) is 168 Å². The Bertz CT molecular complexity index is 3440. The Kier molecular flexibility index (Phi) is 9.82. The van der Waals surface area contributed by atoms with Gasteiger partial charge >= 0.3 is 17.5 Å². The number of hydrogen-bond acceptors (Lipinski definition) is 15. The number of aliphatic hydroxyl groups excluding tert-OH is 1. The van der Waals surface area contributed by atoms with Gasteiger partial charge in [-0.05, 0) is 53.1 Å². The molecule has 0 radical (unpaired) electrons. The average molecular weight is 963 g/mol. The van der Waals surface area contributed by atoms with Crippen molar-refractivity contribution in [2.24, 2.45) is 0 Å². The molecule has 2 aliphatic carbocycles. The highest BCUT2D eigenvalue weighted by atomic mass is 32.1. The van der Waals surface area contributed by atoms with Gasteiger partial charge < -0.3 is 19.3 Å². The summed E-state index contributed by atoms with van der Waals surface area (Å²) in [7, 11) is 0. The summed E-state index contributed by atoms with van der Waals surface area (Å²) in [5.41, 5.74) is -3.01. The van der Waals surface area contributed by atoms with E-state index in [9.17, 15) is 46.6 Å². The molecule has 1 unspecified atom stereocenters. The van der Waals surface area contributed by atoms with Gasteiger partial charge in [-0.2, -0.15) is 0 Å². The molecule has 0 spiro atoms. The molecule has 0 fully saturated rings. The third-order valence-corrected chi connectivity index (χ3v) is 15.7. The van der Waals surface area contributed by atoms with Crippen molar-refractivity contribution >= 4 is 106 Å². The van der Waals surface area contributed by atoms with E-state index in [1.165, 1.54) is 12.2 Å². The molecule has 3 aliphatic rings. The molecular formula is C47H22F4N2O9S4. The molecule has 0 saturated heterocycles. The quantitative estimate of drug-likeness (QED) is 0.0508. The van der Waals surface area contributed by atoms with Gasteiger partial charge in [0.25, 0.3) is 0 Å². The lowest BCUT2D eigenvalue weighted by atomic mass is 9.91. The van der Waals surface area contributed by atoms with Crippen LogP contribution in [0.3, 0.4) is 0 Å². The van der Waals surface area contributed by atoms with Crippen LogP contribution >= 0.6 is 45.3 Å². The van der Waals surface area contributed by atoms with Gasteiger partial charge in [-0.25, -0.2) is 37.1 Å². The lowest BCUT2D eigenvalue weighted by Crippen LogP contribution is -2.52. The highest BCUT2D eigenvalue weighted by Gasteiger charge is 2.60. The van der Waals surface area contributed by atoms with Gasteiger partial charge in [0.05, 0.1) is 25.6 Å². The van der Waals surface area contributed by atoms with Crippen LogP contribution in [-0.2, 0) is 37.9 Å². The zero-order valence-electron chi connectivity index (χ0n) is 33.0. The van der Waals surface area contributed by atoms with E-state index in [-0.39, 0.29) is 71.9 Å². The van der Waals surface area contributed by atoms with E-state index in [0.29, 0.717) is 42.5 Å². The first-order valence-electron chi connectivity index (χ1n) is 19.5. The zero-order chi connectivity index (χ0) is 45.8. The smallest absolute Gasteiger partial charge is 0.367 e. The Morgan fingerprint density at radius 2 is 1.15 bits per heavy atom. The van der Waals surface area contributed by atoms with Crippen molar-refractivity contribution in [3.8, 4) is 15.5 Å². The van der Waals surface area contributed by atoms with E-state index >= 15 is 0 Å². The normalized spacial score (nSPS) is 16.4. The molecule has 1 atom stereocenters. The molecule has 1 aliphatic heterocycles. The number of esters is 2. The number of ketones is 3. The molecular weight excluding hydrogens is 941 g/mol. The van der Waals surface area contributed by atoms with Crippen LogP contribution < -0.4 is 4.74 Å². The van der Waals surface area contributed by atoms with Gasteiger partial charge in [-0.15, -0.1) is 45.3 Å². The SMILES string of the molecule is O=C1C(=Cc2nc3sc4c(c3s2)C(C(=O)OCc2ccccc2)(C(=O)OCc2ccccc2)Oc2c-4sc3nc(/C=C4/C(=O)c5cc(F)c(F)cc5C4O)sc23)C(=O)c2cc(F)c(F)cc21. The van der Waals surface area contributed by atoms with E-state index in [1.54, 1.807) is 60.7 Å². The van der Waals surface area contributed by atoms with E-state index in [2.05, 4.69) is 9.97 Å². The van der Waals surface area contributed by atoms with Crippen molar-refractivity contribution < 1.29 is 60.9 Å². The number of carbonyl (C=O) groups is 5. The summed E-state index contributed by atoms with van der Waals surface area (Å²) in [5, 5.41) is 11.3. The highest BCUT2D eigenvalue weighted by molar-refractivity contribution is 7.34. The van der Waals surface area contributed by atoms with Crippen LogP contribution in [0.25, 0.3) is 41.0 Å². The largest absolute Gasteiger partial charge is 0.457 e. The number of ether oxygens (including phenoxy) is 3. The van der Waals surface area contributed by atoms with Crippen molar-refractivity contribution in [1.82, 2.24) is 9.97 Å². The van der Waals surface area contributed by atoms with Crippen LogP contribution in [-0.4, -0.2) is 44.4 Å². The predicted octanol–water partition coefficient (Wildman–Crippen LogP) is 10.1. The number of nitrogens with zero attached hydrogens (tertiary/aromatic N) is 2. The molecule has 19 heteroatoms. The fourth-order valence-corrected chi connectivity index (χ4v) is 12.8. The van der Waals surface area contributed by atoms with E-state index < -0.39 is 69.8 Å². The third kappa shape index (κ3) is 6.48. The first-order chi connectivity index (χ1) is 31.8. The second-order valence-electron chi connectivity index (χ2n) is 15.1. The van der Waals surface area contributed by atoms with Crippen LogP contribution in [0.4, 0.5) is 17.6 Å². The minimum atomic E-state index is -2.69. The molecule has 5 heterocycles. The Hall–Kier alpha value is -7.03. The Morgan fingerprint density at radius 1 is 0.652 bits per heavy atom. The zero-order valence-corrected chi connectivity index (χ0v) is 36.2. The summed E-state index contributed by atoms with van der Waals surface area (Å²) in [6, 6.07) is 20.2. The molecule has 4 aromatic carbocycles. The van der Waals surface area contributed by atoms with Gasteiger partial charge in [0.1, 0.15) is 43.7 Å². The van der Waals surface area contributed by atoms with Gasteiger partial charge in [-0.3, -0.25) is 14.4 Å². The Morgan fingerprint density at radius 3 is 1.74 bits per heavy atom. The van der Waals surface area contributed by atoms with Crippen LogP contribution in [0.2, 0.25) is 0 Å².